The average Bonchev–Trinajstić information content (AvgIpc) is 2.64. The van der Waals surface area contributed by atoms with Gasteiger partial charge in [0.1, 0.15) is 0 Å². The molecule has 1 saturated heterocycles. The van der Waals surface area contributed by atoms with Gasteiger partial charge in [-0.25, -0.2) is 0 Å². The van der Waals surface area contributed by atoms with E-state index in [1.165, 1.54) is 19.3 Å². The second-order valence-electron chi connectivity index (χ2n) is 4.65. The third kappa shape index (κ3) is 3.95. The molecule has 0 spiro atoms. The lowest BCUT2D eigenvalue weighted by Crippen LogP contribution is -2.43. The van der Waals surface area contributed by atoms with Crippen LogP contribution in [0.1, 0.15) is 46.0 Å². The van der Waals surface area contributed by atoms with Crippen molar-refractivity contribution in [2.24, 2.45) is 11.8 Å². The van der Waals surface area contributed by atoms with Gasteiger partial charge in [-0.2, -0.15) is 0 Å². The van der Waals surface area contributed by atoms with Crippen LogP contribution in [-0.4, -0.2) is 18.8 Å². The Morgan fingerprint density at radius 2 is 2.21 bits per heavy atom. The Balaban J connectivity index is 2.17. The summed E-state index contributed by atoms with van der Waals surface area (Å²) in [5, 5.41) is 0. The summed E-state index contributed by atoms with van der Waals surface area (Å²) >= 11 is 0. The first kappa shape index (κ1) is 12.0. The quantitative estimate of drug-likeness (QED) is 0.508. The first-order chi connectivity index (χ1) is 6.74. The first-order valence-corrected chi connectivity index (χ1v) is 5.81. The minimum atomic E-state index is 0.354. The summed E-state index contributed by atoms with van der Waals surface area (Å²) in [5.74, 6) is 6.33. The molecule has 0 amide bonds. The molecule has 2 atom stereocenters. The lowest BCUT2D eigenvalue weighted by molar-refractivity contribution is 0.0745. The van der Waals surface area contributed by atoms with Crippen molar-refractivity contribution in [1.82, 2.24) is 5.43 Å². The van der Waals surface area contributed by atoms with E-state index < -0.39 is 0 Å². The van der Waals surface area contributed by atoms with E-state index in [1.54, 1.807) is 0 Å². The SMILES string of the molecule is CC(C)CCCC(NN)C1CCCO1. The molecule has 0 radical (unpaired) electrons. The van der Waals surface area contributed by atoms with Crippen molar-refractivity contribution in [2.75, 3.05) is 6.61 Å². The van der Waals surface area contributed by atoms with Crippen molar-refractivity contribution in [3.63, 3.8) is 0 Å². The second-order valence-corrected chi connectivity index (χ2v) is 4.65. The maximum absolute atomic E-state index is 5.62. The van der Waals surface area contributed by atoms with Crippen molar-refractivity contribution in [3.05, 3.63) is 0 Å². The van der Waals surface area contributed by atoms with Gasteiger partial charge in [-0.1, -0.05) is 26.7 Å². The molecule has 1 rings (SSSR count). The van der Waals surface area contributed by atoms with Crippen LogP contribution < -0.4 is 11.3 Å². The number of hydrazine groups is 1. The van der Waals surface area contributed by atoms with Crippen molar-refractivity contribution < 1.29 is 4.74 Å². The molecule has 3 nitrogen and oxygen atoms in total. The highest BCUT2D eigenvalue weighted by Gasteiger charge is 2.24. The monoisotopic (exact) mass is 200 g/mol. The second kappa shape index (κ2) is 6.38. The molecule has 84 valence electrons. The standard InChI is InChI=1S/C11H24N2O/c1-9(2)5-3-6-10(13-12)11-7-4-8-14-11/h9-11,13H,3-8,12H2,1-2H3. The highest BCUT2D eigenvalue weighted by Crippen LogP contribution is 2.19. The van der Waals surface area contributed by atoms with Crippen LogP contribution in [0.5, 0.6) is 0 Å². The zero-order valence-corrected chi connectivity index (χ0v) is 9.46. The molecule has 3 N–H and O–H groups in total. The summed E-state index contributed by atoms with van der Waals surface area (Å²) in [7, 11) is 0. The molecule has 14 heavy (non-hydrogen) atoms. The van der Waals surface area contributed by atoms with Gasteiger partial charge in [0.2, 0.25) is 0 Å². The third-order valence-electron chi connectivity index (χ3n) is 2.92. The van der Waals surface area contributed by atoms with Crippen LogP contribution in [0.3, 0.4) is 0 Å². The molecule has 0 aromatic rings. The summed E-state index contributed by atoms with van der Waals surface area (Å²) < 4.78 is 5.62. The molecule has 3 heteroatoms. The Labute approximate surface area is 87.4 Å². The molecular weight excluding hydrogens is 176 g/mol. The Bertz CT molecular complexity index is 144. The van der Waals surface area contributed by atoms with Crippen LogP contribution in [0.2, 0.25) is 0 Å². The van der Waals surface area contributed by atoms with E-state index in [9.17, 15) is 0 Å². The number of nitrogens with two attached hydrogens (primary N) is 1. The van der Waals surface area contributed by atoms with E-state index in [0.29, 0.717) is 12.1 Å². The molecule has 1 aliphatic heterocycles. The topological polar surface area (TPSA) is 47.3 Å². The molecule has 1 heterocycles. The molecular formula is C11H24N2O. The summed E-state index contributed by atoms with van der Waals surface area (Å²) in [4.78, 5) is 0. The number of ether oxygens (including phenoxy) is 1. The van der Waals surface area contributed by atoms with Gasteiger partial charge >= 0.3 is 0 Å². The van der Waals surface area contributed by atoms with Gasteiger partial charge < -0.3 is 4.74 Å². The van der Waals surface area contributed by atoms with Gasteiger partial charge in [-0.05, 0) is 25.2 Å². The number of rotatable bonds is 6. The van der Waals surface area contributed by atoms with E-state index in [4.69, 9.17) is 10.6 Å². The van der Waals surface area contributed by atoms with Crippen molar-refractivity contribution in [3.8, 4) is 0 Å². The molecule has 0 bridgehead atoms. The molecule has 0 aromatic carbocycles. The Hall–Kier alpha value is -0.120. The fourth-order valence-electron chi connectivity index (χ4n) is 2.04. The normalized spacial score (nSPS) is 24.4. The molecule has 0 aromatic heterocycles. The van der Waals surface area contributed by atoms with Crippen LogP contribution in [-0.2, 0) is 4.74 Å². The van der Waals surface area contributed by atoms with Crippen LogP contribution in [0.15, 0.2) is 0 Å². The van der Waals surface area contributed by atoms with Crippen molar-refractivity contribution >= 4 is 0 Å². The molecule has 0 saturated carbocycles. The van der Waals surface area contributed by atoms with Crippen LogP contribution in [0.25, 0.3) is 0 Å². The van der Waals surface area contributed by atoms with E-state index >= 15 is 0 Å². The van der Waals surface area contributed by atoms with Crippen LogP contribution in [0.4, 0.5) is 0 Å². The van der Waals surface area contributed by atoms with E-state index in [-0.39, 0.29) is 0 Å². The van der Waals surface area contributed by atoms with Gasteiger partial charge in [-0.15, -0.1) is 0 Å². The highest BCUT2D eigenvalue weighted by atomic mass is 16.5. The molecule has 1 aliphatic rings. The summed E-state index contributed by atoms with van der Waals surface area (Å²) in [5.41, 5.74) is 2.89. The highest BCUT2D eigenvalue weighted by molar-refractivity contribution is 4.78. The average molecular weight is 200 g/mol. The zero-order valence-electron chi connectivity index (χ0n) is 9.46. The van der Waals surface area contributed by atoms with Gasteiger partial charge in [-0.3, -0.25) is 11.3 Å². The fourth-order valence-corrected chi connectivity index (χ4v) is 2.04. The zero-order chi connectivity index (χ0) is 10.4. The Morgan fingerprint density at radius 1 is 1.43 bits per heavy atom. The van der Waals surface area contributed by atoms with E-state index in [2.05, 4.69) is 19.3 Å². The van der Waals surface area contributed by atoms with Gasteiger partial charge in [0.25, 0.3) is 0 Å². The predicted octanol–water partition coefficient (Wildman–Crippen LogP) is 1.82. The number of nitrogens with one attached hydrogen (secondary N) is 1. The summed E-state index contributed by atoms with van der Waals surface area (Å²) in [6, 6.07) is 0.358. The fraction of sp³-hybridized carbons (Fsp3) is 1.00. The Morgan fingerprint density at radius 3 is 2.71 bits per heavy atom. The van der Waals surface area contributed by atoms with E-state index in [0.717, 1.165) is 25.4 Å². The molecule has 2 unspecified atom stereocenters. The maximum atomic E-state index is 5.62. The maximum Gasteiger partial charge on any atom is 0.0742 e. The third-order valence-corrected chi connectivity index (χ3v) is 2.92. The largest absolute Gasteiger partial charge is 0.377 e. The minimum absolute atomic E-state index is 0.354. The van der Waals surface area contributed by atoms with Crippen molar-refractivity contribution in [1.29, 1.82) is 0 Å². The van der Waals surface area contributed by atoms with Crippen molar-refractivity contribution in [2.45, 2.75) is 58.1 Å². The first-order valence-electron chi connectivity index (χ1n) is 5.81. The lowest BCUT2D eigenvalue weighted by Gasteiger charge is -2.22. The minimum Gasteiger partial charge on any atom is -0.377 e. The van der Waals surface area contributed by atoms with Gasteiger partial charge in [0.05, 0.1) is 6.10 Å². The van der Waals surface area contributed by atoms with Gasteiger partial charge in [0, 0.05) is 12.6 Å². The number of hydrogen-bond donors (Lipinski definition) is 2. The number of hydrogen-bond acceptors (Lipinski definition) is 3. The molecule has 1 fully saturated rings. The lowest BCUT2D eigenvalue weighted by atomic mass is 9.99. The van der Waals surface area contributed by atoms with Crippen LogP contribution >= 0.6 is 0 Å². The predicted molar refractivity (Wildman–Crippen MR) is 58.8 cm³/mol. The van der Waals surface area contributed by atoms with Crippen LogP contribution in [0, 0.1) is 5.92 Å². The van der Waals surface area contributed by atoms with Gasteiger partial charge in [0.15, 0.2) is 0 Å². The van der Waals surface area contributed by atoms with E-state index in [1.807, 2.05) is 0 Å². The summed E-state index contributed by atoms with van der Waals surface area (Å²) in [6.07, 6.45) is 6.37. The summed E-state index contributed by atoms with van der Waals surface area (Å²) in [6.45, 7) is 5.43. The smallest absolute Gasteiger partial charge is 0.0742 e. The Kier molecular flexibility index (Phi) is 5.45. The molecule has 0 aliphatic carbocycles.